The van der Waals surface area contributed by atoms with Gasteiger partial charge in [0.1, 0.15) is 0 Å². The molecule has 0 N–H and O–H groups in total. The summed E-state index contributed by atoms with van der Waals surface area (Å²) in [4.78, 5) is 7.48. The van der Waals surface area contributed by atoms with Crippen LogP contribution in [0.5, 0.6) is 0 Å². The van der Waals surface area contributed by atoms with Crippen LogP contribution in [0.4, 0.5) is 22.0 Å². The number of halogens is 6. The number of aromatic nitrogens is 5. The Kier molecular flexibility index (Phi) is 4.89. The molecule has 11 heteroatoms. The highest BCUT2D eigenvalue weighted by atomic mass is 35.5. The standard InChI is InChI=1S/C19H11ClF5N5/c20-15-14-16(27-17(26-15)18(21,22)12-7-2-1-3-8-12)30(29-28-14)10-11-6-4-5-9-13(11)19(23,24)25/h1-9H,10H2. The zero-order valence-electron chi connectivity index (χ0n) is 14.9. The third-order valence-electron chi connectivity index (χ3n) is 4.38. The van der Waals surface area contributed by atoms with Crippen molar-refractivity contribution in [2.24, 2.45) is 0 Å². The Morgan fingerprint density at radius 3 is 2.23 bits per heavy atom. The van der Waals surface area contributed by atoms with Crippen molar-refractivity contribution in [1.29, 1.82) is 0 Å². The van der Waals surface area contributed by atoms with Gasteiger partial charge in [0.05, 0.1) is 12.1 Å². The van der Waals surface area contributed by atoms with Crippen molar-refractivity contribution >= 4 is 22.8 Å². The fourth-order valence-electron chi connectivity index (χ4n) is 2.94. The lowest BCUT2D eigenvalue weighted by atomic mass is 10.1. The minimum Gasteiger partial charge on any atom is -0.222 e. The summed E-state index contributed by atoms with van der Waals surface area (Å²) in [7, 11) is 0. The van der Waals surface area contributed by atoms with Crippen LogP contribution in [0.1, 0.15) is 22.5 Å². The summed E-state index contributed by atoms with van der Waals surface area (Å²) in [6.07, 6.45) is -4.59. The van der Waals surface area contributed by atoms with Crippen LogP contribution in [0.25, 0.3) is 11.2 Å². The van der Waals surface area contributed by atoms with Crippen molar-refractivity contribution in [3.05, 3.63) is 82.3 Å². The quantitative estimate of drug-likeness (QED) is 0.328. The molecule has 0 aliphatic rings. The SMILES string of the molecule is FC(F)(F)c1ccccc1Cn1nnc2c(Cl)nc(C(F)(F)c3ccccc3)nc21. The van der Waals surface area contributed by atoms with Gasteiger partial charge in [0.15, 0.2) is 16.3 Å². The molecule has 0 fully saturated rings. The van der Waals surface area contributed by atoms with Crippen molar-refractivity contribution in [3.63, 3.8) is 0 Å². The van der Waals surface area contributed by atoms with Crippen LogP contribution in [0.15, 0.2) is 54.6 Å². The Balaban J connectivity index is 1.81. The molecule has 0 radical (unpaired) electrons. The van der Waals surface area contributed by atoms with E-state index < -0.39 is 30.0 Å². The van der Waals surface area contributed by atoms with Crippen molar-refractivity contribution in [3.8, 4) is 0 Å². The van der Waals surface area contributed by atoms with Crippen LogP contribution < -0.4 is 0 Å². The third-order valence-corrected chi connectivity index (χ3v) is 4.64. The van der Waals surface area contributed by atoms with E-state index in [1.807, 2.05) is 0 Å². The van der Waals surface area contributed by atoms with E-state index in [-0.39, 0.29) is 27.4 Å². The summed E-state index contributed by atoms with van der Waals surface area (Å²) >= 11 is 6.00. The van der Waals surface area contributed by atoms with Gasteiger partial charge in [0, 0.05) is 5.56 Å². The van der Waals surface area contributed by atoms with Crippen LogP contribution in [-0.2, 0) is 18.6 Å². The Hall–Kier alpha value is -3.14. The van der Waals surface area contributed by atoms with E-state index in [4.69, 9.17) is 11.6 Å². The van der Waals surface area contributed by atoms with Crippen molar-refractivity contribution < 1.29 is 22.0 Å². The molecular formula is C19H11ClF5N5. The van der Waals surface area contributed by atoms with Gasteiger partial charge in [-0.2, -0.15) is 22.0 Å². The molecule has 0 spiro atoms. The van der Waals surface area contributed by atoms with E-state index >= 15 is 0 Å². The smallest absolute Gasteiger partial charge is 0.222 e. The zero-order valence-corrected chi connectivity index (χ0v) is 15.7. The number of benzene rings is 2. The van der Waals surface area contributed by atoms with E-state index in [1.165, 1.54) is 42.5 Å². The molecule has 0 aliphatic heterocycles. The van der Waals surface area contributed by atoms with Gasteiger partial charge in [-0.25, -0.2) is 14.6 Å². The second-order valence-electron chi connectivity index (χ2n) is 6.35. The first-order valence-corrected chi connectivity index (χ1v) is 8.91. The highest BCUT2D eigenvalue weighted by Gasteiger charge is 2.39. The van der Waals surface area contributed by atoms with Gasteiger partial charge in [0.2, 0.25) is 5.82 Å². The highest BCUT2D eigenvalue weighted by Crippen LogP contribution is 2.35. The van der Waals surface area contributed by atoms with E-state index in [0.717, 1.165) is 10.7 Å². The van der Waals surface area contributed by atoms with E-state index in [2.05, 4.69) is 20.3 Å². The predicted octanol–water partition coefficient (Wildman–Crippen LogP) is 5.08. The Morgan fingerprint density at radius 1 is 0.867 bits per heavy atom. The minimum absolute atomic E-state index is 0.0891. The number of alkyl halides is 5. The number of nitrogens with zero attached hydrogens (tertiary/aromatic N) is 5. The second-order valence-corrected chi connectivity index (χ2v) is 6.71. The zero-order chi connectivity index (χ0) is 21.5. The van der Waals surface area contributed by atoms with E-state index in [1.54, 1.807) is 6.07 Å². The first kappa shape index (κ1) is 20.1. The molecule has 5 nitrogen and oxygen atoms in total. The van der Waals surface area contributed by atoms with Crippen LogP contribution in [0.2, 0.25) is 5.15 Å². The summed E-state index contributed by atoms with van der Waals surface area (Å²) < 4.78 is 70.6. The summed E-state index contributed by atoms with van der Waals surface area (Å²) in [6, 6.07) is 11.7. The molecule has 4 rings (SSSR count). The lowest BCUT2D eigenvalue weighted by Crippen LogP contribution is -2.20. The minimum atomic E-state index is -4.59. The van der Waals surface area contributed by atoms with Crippen LogP contribution in [0, 0.1) is 0 Å². The monoisotopic (exact) mass is 439 g/mol. The van der Waals surface area contributed by atoms with Gasteiger partial charge in [-0.05, 0) is 11.6 Å². The lowest BCUT2D eigenvalue weighted by Gasteiger charge is -2.16. The van der Waals surface area contributed by atoms with E-state index in [9.17, 15) is 22.0 Å². The summed E-state index contributed by atoms with van der Waals surface area (Å²) in [5.41, 5.74) is -1.64. The first-order valence-electron chi connectivity index (χ1n) is 8.53. The molecule has 0 amide bonds. The molecule has 0 saturated heterocycles. The number of hydrogen-bond acceptors (Lipinski definition) is 4. The maximum Gasteiger partial charge on any atom is 0.416 e. The first-order chi connectivity index (χ1) is 14.2. The molecule has 0 saturated carbocycles. The second kappa shape index (κ2) is 7.28. The van der Waals surface area contributed by atoms with Gasteiger partial charge in [0.25, 0.3) is 0 Å². The Bertz CT molecular complexity index is 1210. The van der Waals surface area contributed by atoms with Crippen molar-refractivity contribution in [2.75, 3.05) is 0 Å². The molecule has 2 aromatic carbocycles. The van der Waals surface area contributed by atoms with Crippen LogP contribution >= 0.6 is 11.6 Å². The molecule has 2 aromatic heterocycles. The third kappa shape index (κ3) is 3.58. The number of fused-ring (bicyclic) bond motifs is 1. The van der Waals surface area contributed by atoms with Gasteiger partial charge in [-0.1, -0.05) is 65.3 Å². The summed E-state index contributed by atoms with van der Waals surface area (Å²) in [5, 5.41) is 7.10. The topological polar surface area (TPSA) is 56.5 Å². The average Bonchev–Trinajstić information content (AvgIpc) is 3.12. The molecule has 0 bridgehead atoms. The Morgan fingerprint density at radius 2 is 1.53 bits per heavy atom. The number of rotatable bonds is 4. The van der Waals surface area contributed by atoms with Gasteiger partial charge in [-0.3, -0.25) is 0 Å². The average molecular weight is 440 g/mol. The maximum atomic E-state index is 14.9. The largest absolute Gasteiger partial charge is 0.416 e. The van der Waals surface area contributed by atoms with Gasteiger partial charge in [-0.15, -0.1) is 5.10 Å². The van der Waals surface area contributed by atoms with Crippen molar-refractivity contribution in [2.45, 2.75) is 18.6 Å². The fraction of sp³-hybridized carbons (Fsp3) is 0.158. The molecule has 0 atom stereocenters. The molecule has 30 heavy (non-hydrogen) atoms. The normalized spacial score (nSPS) is 12.5. The molecular weight excluding hydrogens is 429 g/mol. The molecule has 4 aromatic rings. The number of hydrogen-bond donors (Lipinski definition) is 0. The predicted molar refractivity (Wildman–Crippen MR) is 98.1 cm³/mol. The maximum absolute atomic E-state index is 14.9. The molecule has 0 aliphatic carbocycles. The van der Waals surface area contributed by atoms with Gasteiger partial charge >= 0.3 is 12.1 Å². The lowest BCUT2D eigenvalue weighted by molar-refractivity contribution is -0.138. The molecule has 154 valence electrons. The van der Waals surface area contributed by atoms with Crippen LogP contribution in [0.3, 0.4) is 0 Å². The molecule has 2 heterocycles. The Labute approximate surface area is 171 Å². The fourth-order valence-corrected chi connectivity index (χ4v) is 3.15. The van der Waals surface area contributed by atoms with Crippen LogP contribution in [-0.4, -0.2) is 25.0 Å². The summed E-state index contributed by atoms with van der Waals surface area (Å²) in [6.45, 7) is -0.393. The molecule has 0 unspecified atom stereocenters. The van der Waals surface area contributed by atoms with Gasteiger partial charge < -0.3 is 0 Å². The van der Waals surface area contributed by atoms with E-state index in [0.29, 0.717) is 0 Å². The highest BCUT2D eigenvalue weighted by molar-refractivity contribution is 6.33. The summed E-state index contributed by atoms with van der Waals surface area (Å²) in [5.74, 6) is -4.49. The van der Waals surface area contributed by atoms with Crippen molar-refractivity contribution in [1.82, 2.24) is 25.0 Å².